The number of ether oxygens (including phenoxy) is 1. The number of nitrogens with zero attached hydrogens (tertiary/aromatic N) is 2. The number of methoxy groups -OCH3 is 1. The lowest BCUT2D eigenvalue weighted by Crippen LogP contribution is -2.50. The van der Waals surface area contributed by atoms with Gasteiger partial charge in [-0.05, 0) is 43.4 Å². The summed E-state index contributed by atoms with van der Waals surface area (Å²) in [6, 6.07) is 5.75. The molecule has 0 fully saturated rings. The highest BCUT2D eigenvalue weighted by Gasteiger charge is 2.11. The molecule has 1 heterocycles. The molecule has 0 spiro atoms. The zero-order valence-corrected chi connectivity index (χ0v) is 15.2. The molecule has 0 radical (unpaired) electrons. The first kappa shape index (κ1) is 19.7. The maximum absolute atomic E-state index is 12.9. The van der Waals surface area contributed by atoms with E-state index in [2.05, 4.69) is 26.3 Å². The van der Waals surface area contributed by atoms with Crippen LogP contribution in [0.15, 0.2) is 28.8 Å². The summed E-state index contributed by atoms with van der Waals surface area (Å²) < 4.78 is 23.0. The first-order chi connectivity index (χ1) is 12.5. The Bertz CT molecular complexity index is 738. The third-order valence-electron chi connectivity index (χ3n) is 3.25. The monoisotopic (exact) mass is 381 g/mol. The molecule has 3 N–H and O–H groups in total. The number of rotatable bonds is 7. The number of aryl methyl sites for hydroxylation is 1. The molecular formula is C16H20FN5O3S. The van der Waals surface area contributed by atoms with Crippen molar-refractivity contribution in [3.63, 3.8) is 0 Å². The van der Waals surface area contributed by atoms with Gasteiger partial charge in [-0.15, -0.1) is 0 Å². The van der Waals surface area contributed by atoms with Crippen molar-refractivity contribution in [2.24, 2.45) is 0 Å². The Morgan fingerprint density at radius 1 is 1.35 bits per heavy atom. The zero-order valence-electron chi connectivity index (χ0n) is 14.4. The molecule has 1 amide bonds. The summed E-state index contributed by atoms with van der Waals surface area (Å²) >= 11 is 5.05. The van der Waals surface area contributed by atoms with Gasteiger partial charge in [0.2, 0.25) is 17.6 Å². The van der Waals surface area contributed by atoms with E-state index in [0.717, 1.165) is 0 Å². The Morgan fingerprint density at radius 2 is 2.08 bits per heavy atom. The van der Waals surface area contributed by atoms with Gasteiger partial charge in [-0.25, -0.2) is 4.39 Å². The van der Waals surface area contributed by atoms with Crippen molar-refractivity contribution < 1.29 is 18.4 Å². The van der Waals surface area contributed by atoms with Crippen molar-refractivity contribution in [2.75, 3.05) is 13.7 Å². The predicted molar refractivity (Wildman–Crippen MR) is 96.4 cm³/mol. The molecule has 0 bridgehead atoms. The van der Waals surface area contributed by atoms with E-state index in [1.54, 1.807) is 19.2 Å². The van der Waals surface area contributed by atoms with Crippen molar-refractivity contribution in [3.05, 3.63) is 36.0 Å². The van der Waals surface area contributed by atoms with Crippen LogP contribution >= 0.6 is 12.2 Å². The molecule has 1 atom stereocenters. The SMILES string of the molecule is COC[C@@H](C)NC(=S)NNC(=O)CCc1nc(-c2ccc(F)cc2)no1. The second-order valence-electron chi connectivity index (χ2n) is 5.52. The van der Waals surface area contributed by atoms with Gasteiger partial charge in [0, 0.05) is 31.6 Å². The number of aromatic nitrogens is 2. The van der Waals surface area contributed by atoms with E-state index in [-0.39, 0.29) is 30.6 Å². The lowest BCUT2D eigenvalue weighted by molar-refractivity contribution is -0.121. The second kappa shape index (κ2) is 9.78. The van der Waals surface area contributed by atoms with Crippen LogP contribution in [0, 0.1) is 5.82 Å². The van der Waals surface area contributed by atoms with Crippen LogP contribution in [0.4, 0.5) is 4.39 Å². The smallest absolute Gasteiger partial charge is 0.238 e. The van der Waals surface area contributed by atoms with E-state index < -0.39 is 0 Å². The summed E-state index contributed by atoms with van der Waals surface area (Å²) in [4.78, 5) is 16.0. The molecule has 140 valence electrons. The van der Waals surface area contributed by atoms with Gasteiger partial charge in [0.25, 0.3) is 0 Å². The minimum atomic E-state index is -0.342. The van der Waals surface area contributed by atoms with Crippen molar-refractivity contribution in [1.29, 1.82) is 0 Å². The fourth-order valence-corrected chi connectivity index (χ4v) is 2.29. The Hall–Kier alpha value is -2.59. The number of benzene rings is 1. The maximum atomic E-state index is 12.9. The van der Waals surface area contributed by atoms with Crippen LogP contribution in [0.25, 0.3) is 11.4 Å². The number of halogens is 1. The normalized spacial score (nSPS) is 11.7. The van der Waals surface area contributed by atoms with Gasteiger partial charge in [0.1, 0.15) is 5.82 Å². The van der Waals surface area contributed by atoms with E-state index >= 15 is 0 Å². The summed E-state index contributed by atoms with van der Waals surface area (Å²) in [6.45, 7) is 2.39. The quantitative estimate of drug-likeness (QED) is 0.488. The van der Waals surface area contributed by atoms with E-state index in [1.807, 2.05) is 6.92 Å². The van der Waals surface area contributed by atoms with Gasteiger partial charge in [-0.2, -0.15) is 4.98 Å². The molecule has 0 aliphatic rings. The highest BCUT2D eigenvalue weighted by Crippen LogP contribution is 2.16. The Balaban J connectivity index is 1.74. The Morgan fingerprint density at radius 3 is 2.77 bits per heavy atom. The van der Waals surface area contributed by atoms with Crippen LogP contribution in [-0.4, -0.2) is 40.9 Å². The number of carbonyl (C=O) groups excluding carboxylic acids is 1. The summed E-state index contributed by atoms with van der Waals surface area (Å²) in [5.74, 6) is 0.0330. The standard InChI is InChI=1S/C16H20FN5O3S/c1-10(9-24-2)18-16(26)21-20-13(23)7-8-14-19-15(22-25-14)11-3-5-12(17)6-4-11/h3-6,10H,7-9H2,1-2H3,(H,20,23)(H2,18,21,26)/t10-/m1/s1. The largest absolute Gasteiger partial charge is 0.383 e. The van der Waals surface area contributed by atoms with Gasteiger partial charge < -0.3 is 14.6 Å². The maximum Gasteiger partial charge on any atom is 0.238 e. The molecule has 8 nitrogen and oxygen atoms in total. The molecule has 0 saturated heterocycles. The molecule has 10 heteroatoms. The molecule has 0 aliphatic carbocycles. The topological polar surface area (TPSA) is 101 Å². The lowest BCUT2D eigenvalue weighted by atomic mass is 10.2. The van der Waals surface area contributed by atoms with Crippen molar-refractivity contribution in [3.8, 4) is 11.4 Å². The number of hydrazine groups is 1. The van der Waals surface area contributed by atoms with Crippen LogP contribution in [0.2, 0.25) is 0 Å². The van der Waals surface area contributed by atoms with Gasteiger partial charge in [0.15, 0.2) is 5.11 Å². The highest BCUT2D eigenvalue weighted by molar-refractivity contribution is 7.80. The fraction of sp³-hybridized carbons (Fsp3) is 0.375. The number of hydrogen-bond donors (Lipinski definition) is 3. The van der Waals surface area contributed by atoms with Gasteiger partial charge in [0.05, 0.1) is 6.61 Å². The molecule has 0 unspecified atom stereocenters. The van der Waals surface area contributed by atoms with Crippen LogP contribution in [0.1, 0.15) is 19.2 Å². The van der Waals surface area contributed by atoms with Crippen LogP contribution in [0.3, 0.4) is 0 Å². The molecule has 1 aromatic carbocycles. The van der Waals surface area contributed by atoms with E-state index in [0.29, 0.717) is 29.0 Å². The van der Waals surface area contributed by atoms with Crippen LogP contribution < -0.4 is 16.2 Å². The van der Waals surface area contributed by atoms with E-state index in [1.165, 1.54) is 12.1 Å². The minimum absolute atomic E-state index is 0.0141. The molecule has 2 rings (SSSR count). The van der Waals surface area contributed by atoms with Gasteiger partial charge >= 0.3 is 0 Å². The average molecular weight is 381 g/mol. The molecule has 2 aromatic rings. The second-order valence-corrected chi connectivity index (χ2v) is 5.93. The molecule has 26 heavy (non-hydrogen) atoms. The molecule has 1 aromatic heterocycles. The first-order valence-corrected chi connectivity index (χ1v) is 8.31. The number of carbonyl (C=O) groups is 1. The Kier molecular flexibility index (Phi) is 7.42. The minimum Gasteiger partial charge on any atom is -0.383 e. The summed E-state index contributed by atoms with van der Waals surface area (Å²) in [7, 11) is 1.59. The van der Waals surface area contributed by atoms with Crippen LogP contribution in [-0.2, 0) is 16.0 Å². The van der Waals surface area contributed by atoms with Crippen molar-refractivity contribution in [1.82, 2.24) is 26.3 Å². The first-order valence-electron chi connectivity index (χ1n) is 7.90. The summed E-state index contributed by atoms with van der Waals surface area (Å²) in [5, 5.41) is 7.06. The van der Waals surface area contributed by atoms with Gasteiger partial charge in [-0.1, -0.05) is 5.16 Å². The number of thiocarbonyl (C=S) groups is 1. The predicted octanol–water partition coefficient (Wildman–Crippen LogP) is 1.34. The number of amides is 1. The molecular weight excluding hydrogens is 361 g/mol. The molecule has 0 aliphatic heterocycles. The zero-order chi connectivity index (χ0) is 18.9. The van der Waals surface area contributed by atoms with Crippen molar-refractivity contribution in [2.45, 2.75) is 25.8 Å². The lowest BCUT2D eigenvalue weighted by Gasteiger charge is -2.16. The van der Waals surface area contributed by atoms with Crippen molar-refractivity contribution >= 4 is 23.2 Å². The number of hydrogen-bond acceptors (Lipinski definition) is 6. The Labute approximate surface area is 155 Å². The number of nitrogens with one attached hydrogen (secondary N) is 3. The summed E-state index contributed by atoms with van der Waals surface area (Å²) in [5.41, 5.74) is 5.72. The average Bonchev–Trinajstić information content (AvgIpc) is 3.08. The van der Waals surface area contributed by atoms with E-state index in [4.69, 9.17) is 21.5 Å². The third-order valence-corrected chi connectivity index (χ3v) is 3.47. The highest BCUT2D eigenvalue weighted by atomic mass is 32.1. The van der Waals surface area contributed by atoms with Gasteiger partial charge in [-0.3, -0.25) is 15.6 Å². The fourth-order valence-electron chi connectivity index (χ4n) is 2.03. The molecule has 0 saturated carbocycles. The summed E-state index contributed by atoms with van der Waals surface area (Å²) in [6.07, 6.45) is 0.399. The van der Waals surface area contributed by atoms with Crippen LogP contribution in [0.5, 0.6) is 0 Å². The third kappa shape index (κ3) is 6.37. The van der Waals surface area contributed by atoms with E-state index in [9.17, 15) is 9.18 Å².